The largest absolute Gasteiger partial charge is 0.0573 e. The molecule has 0 nitrogen and oxygen atoms in total. The maximum atomic E-state index is 3.55. The molecule has 3 rings (SSSR count). The molecule has 1 aliphatic rings. The average molecular weight is 338 g/mol. The summed E-state index contributed by atoms with van der Waals surface area (Å²) in [6.07, 6.45) is 2.30. The summed E-state index contributed by atoms with van der Waals surface area (Å²) in [7, 11) is 0. The topological polar surface area (TPSA) is 0 Å². The smallest absolute Gasteiger partial charge is 0.0181 e. The first-order valence-electron chi connectivity index (χ1n) is 5.31. The van der Waals surface area contributed by atoms with Gasteiger partial charge in [-0.25, -0.2) is 0 Å². The van der Waals surface area contributed by atoms with E-state index < -0.39 is 0 Å². The third-order valence-electron chi connectivity index (χ3n) is 3.10. The van der Waals surface area contributed by atoms with Crippen LogP contribution in [0.3, 0.4) is 0 Å². The van der Waals surface area contributed by atoms with Gasteiger partial charge in [0, 0.05) is 8.95 Å². The molecule has 0 spiro atoms. The summed E-state index contributed by atoms with van der Waals surface area (Å²) in [6.45, 7) is 0. The minimum Gasteiger partial charge on any atom is -0.0573 e. The Bertz CT molecular complexity index is 507. The Morgan fingerprint density at radius 3 is 1.56 bits per heavy atom. The van der Waals surface area contributed by atoms with Gasteiger partial charge in [-0.05, 0) is 59.4 Å². The highest BCUT2D eigenvalue weighted by atomic mass is 79.9. The molecule has 0 heterocycles. The summed E-state index contributed by atoms with van der Waals surface area (Å²) in [6, 6.07) is 13.1. The van der Waals surface area contributed by atoms with E-state index in [1.54, 1.807) is 0 Å². The Labute approximate surface area is 112 Å². The second kappa shape index (κ2) is 4.01. The van der Waals surface area contributed by atoms with E-state index in [9.17, 15) is 0 Å². The number of halogens is 2. The molecule has 0 fully saturated rings. The van der Waals surface area contributed by atoms with E-state index in [0.29, 0.717) is 0 Å². The average Bonchev–Trinajstić information content (AvgIpc) is 2.29. The summed E-state index contributed by atoms with van der Waals surface area (Å²) >= 11 is 7.10. The third-order valence-corrected chi connectivity index (χ3v) is 4.08. The molecule has 0 N–H and O–H groups in total. The van der Waals surface area contributed by atoms with E-state index in [-0.39, 0.29) is 0 Å². The molecule has 0 saturated carbocycles. The molecular weight excluding hydrogens is 328 g/mol. The predicted molar refractivity (Wildman–Crippen MR) is 74.7 cm³/mol. The molecular formula is C14H10Br2. The van der Waals surface area contributed by atoms with Crippen LogP contribution in [-0.4, -0.2) is 0 Å². The molecule has 0 radical (unpaired) electrons. The summed E-state index contributed by atoms with van der Waals surface area (Å²) in [4.78, 5) is 0. The quantitative estimate of drug-likeness (QED) is 0.636. The van der Waals surface area contributed by atoms with Crippen LogP contribution in [0.5, 0.6) is 0 Å². The second-order valence-corrected chi connectivity index (χ2v) is 5.93. The Balaban J connectivity index is 2.28. The van der Waals surface area contributed by atoms with Crippen LogP contribution < -0.4 is 0 Å². The molecule has 2 heteroatoms. The zero-order valence-electron chi connectivity index (χ0n) is 8.63. The first-order valence-corrected chi connectivity index (χ1v) is 6.90. The fraction of sp³-hybridized carbons (Fsp3) is 0.143. The van der Waals surface area contributed by atoms with E-state index in [2.05, 4.69) is 68.3 Å². The van der Waals surface area contributed by atoms with Gasteiger partial charge in [0.25, 0.3) is 0 Å². The zero-order valence-corrected chi connectivity index (χ0v) is 11.8. The van der Waals surface area contributed by atoms with Gasteiger partial charge in [0.15, 0.2) is 0 Å². The first kappa shape index (κ1) is 10.5. The van der Waals surface area contributed by atoms with Gasteiger partial charge in [-0.3, -0.25) is 0 Å². The lowest BCUT2D eigenvalue weighted by molar-refractivity contribution is 0.941. The summed E-state index contributed by atoms with van der Waals surface area (Å²) in [5.41, 5.74) is 5.65. The highest BCUT2D eigenvalue weighted by Crippen LogP contribution is 2.36. The van der Waals surface area contributed by atoms with Crippen molar-refractivity contribution in [3.8, 4) is 11.1 Å². The Hall–Kier alpha value is -0.600. The van der Waals surface area contributed by atoms with Gasteiger partial charge in [-0.1, -0.05) is 44.0 Å². The van der Waals surface area contributed by atoms with E-state index in [4.69, 9.17) is 0 Å². The van der Waals surface area contributed by atoms with Gasteiger partial charge in [-0.2, -0.15) is 0 Å². The normalized spacial score (nSPS) is 13.1. The van der Waals surface area contributed by atoms with Crippen molar-refractivity contribution in [3.63, 3.8) is 0 Å². The number of aryl methyl sites for hydroxylation is 2. The van der Waals surface area contributed by atoms with E-state index in [0.717, 1.165) is 21.8 Å². The van der Waals surface area contributed by atoms with Crippen LogP contribution in [-0.2, 0) is 12.8 Å². The van der Waals surface area contributed by atoms with Crippen molar-refractivity contribution in [2.75, 3.05) is 0 Å². The van der Waals surface area contributed by atoms with Gasteiger partial charge < -0.3 is 0 Å². The van der Waals surface area contributed by atoms with Gasteiger partial charge in [0.05, 0.1) is 0 Å². The van der Waals surface area contributed by atoms with Gasteiger partial charge in [-0.15, -0.1) is 0 Å². The summed E-state index contributed by atoms with van der Waals surface area (Å²) in [5.74, 6) is 0. The van der Waals surface area contributed by atoms with Crippen molar-refractivity contribution < 1.29 is 0 Å². The van der Waals surface area contributed by atoms with Crippen molar-refractivity contribution >= 4 is 31.9 Å². The van der Waals surface area contributed by atoms with Crippen LogP contribution in [0.1, 0.15) is 11.1 Å². The number of fused-ring (bicyclic) bond motifs is 3. The Morgan fingerprint density at radius 1 is 0.688 bits per heavy atom. The highest BCUT2D eigenvalue weighted by molar-refractivity contribution is 9.10. The number of hydrogen-bond donors (Lipinski definition) is 0. The number of benzene rings is 2. The molecule has 0 atom stereocenters. The van der Waals surface area contributed by atoms with Gasteiger partial charge >= 0.3 is 0 Å². The van der Waals surface area contributed by atoms with Gasteiger partial charge in [0.2, 0.25) is 0 Å². The lowest BCUT2D eigenvalue weighted by atomic mass is 9.86. The first-order chi connectivity index (χ1) is 7.74. The maximum absolute atomic E-state index is 3.55. The third kappa shape index (κ3) is 1.74. The van der Waals surface area contributed by atoms with Crippen LogP contribution in [0, 0.1) is 0 Å². The van der Waals surface area contributed by atoms with Gasteiger partial charge in [0.1, 0.15) is 0 Å². The molecule has 0 amide bonds. The zero-order chi connectivity index (χ0) is 11.1. The predicted octanol–water partition coefficient (Wildman–Crippen LogP) is 4.98. The second-order valence-electron chi connectivity index (χ2n) is 4.10. The van der Waals surface area contributed by atoms with Crippen LogP contribution in [0.4, 0.5) is 0 Å². The minimum absolute atomic E-state index is 1.15. The minimum atomic E-state index is 1.15. The van der Waals surface area contributed by atoms with Crippen LogP contribution in [0.2, 0.25) is 0 Å². The van der Waals surface area contributed by atoms with E-state index in [1.807, 2.05) is 0 Å². The molecule has 2 aromatic carbocycles. The Morgan fingerprint density at radius 2 is 1.12 bits per heavy atom. The monoisotopic (exact) mass is 336 g/mol. The SMILES string of the molecule is Brc1ccc2c(c1)-c1cc(Br)ccc1CC2. The van der Waals surface area contributed by atoms with Crippen molar-refractivity contribution in [2.45, 2.75) is 12.8 Å². The summed E-state index contributed by atoms with van der Waals surface area (Å²) < 4.78 is 2.30. The molecule has 80 valence electrons. The number of hydrogen-bond acceptors (Lipinski definition) is 0. The maximum Gasteiger partial charge on any atom is 0.0181 e. The van der Waals surface area contributed by atoms with Crippen LogP contribution in [0.15, 0.2) is 45.3 Å². The molecule has 2 aromatic rings. The molecule has 0 unspecified atom stereocenters. The number of rotatable bonds is 0. The van der Waals surface area contributed by atoms with Crippen LogP contribution in [0.25, 0.3) is 11.1 Å². The fourth-order valence-electron chi connectivity index (χ4n) is 2.30. The van der Waals surface area contributed by atoms with Crippen molar-refractivity contribution in [2.24, 2.45) is 0 Å². The molecule has 16 heavy (non-hydrogen) atoms. The van der Waals surface area contributed by atoms with Crippen molar-refractivity contribution in [1.82, 2.24) is 0 Å². The molecule has 0 bridgehead atoms. The van der Waals surface area contributed by atoms with Crippen molar-refractivity contribution in [3.05, 3.63) is 56.5 Å². The lowest BCUT2D eigenvalue weighted by Gasteiger charge is -2.20. The van der Waals surface area contributed by atoms with Crippen LogP contribution >= 0.6 is 31.9 Å². The fourth-order valence-corrected chi connectivity index (χ4v) is 3.03. The van der Waals surface area contributed by atoms with E-state index >= 15 is 0 Å². The van der Waals surface area contributed by atoms with Crippen molar-refractivity contribution in [1.29, 1.82) is 0 Å². The lowest BCUT2D eigenvalue weighted by Crippen LogP contribution is -2.03. The molecule has 0 aromatic heterocycles. The standard InChI is InChI=1S/C14H10Br2/c15-11-5-3-9-1-2-10-4-6-12(16)8-14(10)13(9)7-11/h3-8H,1-2H2. The highest BCUT2D eigenvalue weighted by Gasteiger charge is 2.15. The molecule has 0 saturated heterocycles. The molecule has 1 aliphatic carbocycles. The Kier molecular flexibility index (Phi) is 2.64. The summed E-state index contributed by atoms with van der Waals surface area (Å²) in [5, 5.41) is 0. The van der Waals surface area contributed by atoms with E-state index in [1.165, 1.54) is 22.3 Å². The molecule has 0 aliphatic heterocycles.